The van der Waals surface area contributed by atoms with Gasteiger partial charge in [0.25, 0.3) is 0 Å². The average molecular weight is 200 g/mol. The van der Waals surface area contributed by atoms with E-state index in [1.807, 2.05) is 6.92 Å². The molecule has 14 heavy (non-hydrogen) atoms. The van der Waals surface area contributed by atoms with Crippen molar-refractivity contribution in [3.8, 4) is 0 Å². The first-order valence-corrected chi connectivity index (χ1v) is 5.07. The maximum absolute atomic E-state index is 11.1. The monoisotopic (exact) mass is 200 g/mol. The molecule has 0 fully saturated rings. The molecule has 0 bridgehead atoms. The van der Waals surface area contributed by atoms with Gasteiger partial charge >= 0.3 is 0 Å². The van der Waals surface area contributed by atoms with E-state index in [9.17, 15) is 9.59 Å². The first-order chi connectivity index (χ1) is 6.63. The number of hydrogen-bond donors (Lipinski definition) is 2. The third kappa shape index (κ3) is 5.83. The fraction of sp³-hybridized carbons (Fsp3) is 0.800. The van der Waals surface area contributed by atoms with Crippen molar-refractivity contribution in [1.82, 2.24) is 0 Å². The molecule has 0 amide bonds. The molecule has 0 aromatic rings. The van der Waals surface area contributed by atoms with Crippen LogP contribution < -0.4 is 11.5 Å². The maximum Gasteiger partial charge on any atom is 0.146 e. The quantitative estimate of drug-likeness (QED) is 0.587. The Morgan fingerprint density at radius 3 is 1.79 bits per heavy atom. The highest BCUT2D eigenvalue weighted by molar-refractivity contribution is 5.83. The van der Waals surface area contributed by atoms with Gasteiger partial charge in [-0.2, -0.15) is 0 Å². The topological polar surface area (TPSA) is 86.2 Å². The summed E-state index contributed by atoms with van der Waals surface area (Å²) in [5.74, 6) is 0.175. The zero-order chi connectivity index (χ0) is 11.0. The molecule has 4 heteroatoms. The standard InChI is InChI=1S/C10H20N2O2/c1-2-3-8(4-9(13)6-11)5-10(14)7-12/h8H,2-7,11-12H2,1H3. The van der Waals surface area contributed by atoms with Crippen LogP contribution in [0.3, 0.4) is 0 Å². The average Bonchev–Trinajstić information content (AvgIpc) is 2.17. The van der Waals surface area contributed by atoms with E-state index in [1.165, 1.54) is 0 Å². The molecule has 0 radical (unpaired) electrons. The van der Waals surface area contributed by atoms with Gasteiger partial charge in [-0.05, 0) is 12.3 Å². The first-order valence-electron chi connectivity index (χ1n) is 5.07. The van der Waals surface area contributed by atoms with Gasteiger partial charge in [0.1, 0.15) is 11.6 Å². The van der Waals surface area contributed by atoms with Crippen molar-refractivity contribution in [2.24, 2.45) is 17.4 Å². The van der Waals surface area contributed by atoms with Gasteiger partial charge in [0.15, 0.2) is 0 Å². The van der Waals surface area contributed by atoms with Crippen LogP contribution in [0, 0.1) is 5.92 Å². The summed E-state index contributed by atoms with van der Waals surface area (Å²) in [6, 6.07) is 0. The van der Waals surface area contributed by atoms with Crippen LogP contribution in [0.15, 0.2) is 0 Å². The van der Waals surface area contributed by atoms with Gasteiger partial charge in [0.05, 0.1) is 13.1 Å². The Balaban J connectivity index is 4.00. The highest BCUT2D eigenvalue weighted by Gasteiger charge is 2.15. The molecule has 0 aliphatic carbocycles. The highest BCUT2D eigenvalue weighted by Crippen LogP contribution is 2.16. The number of rotatable bonds is 8. The minimum absolute atomic E-state index is 0.0215. The molecule has 0 saturated carbocycles. The zero-order valence-electron chi connectivity index (χ0n) is 8.79. The van der Waals surface area contributed by atoms with Crippen molar-refractivity contribution >= 4 is 11.6 Å². The minimum atomic E-state index is 0.0215. The van der Waals surface area contributed by atoms with E-state index in [0.717, 1.165) is 12.8 Å². The van der Waals surface area contributed by atoms with Gasteiger partial charge in [-0.1, -0.05) is 13.3 Å². The molecule has 0 unspecified atom stereocenters. The molecule has 0 saturated heterocycles. The molecular weight excluding hydrogens is 180 g/mol. The van der Waals surface area contributed by atoms with Gasteiger partial charge in [0, 0.05) is 12.8 Å². The summed E-state index contributed by atoms with van der Waals surface area (Å²) in [4.78, 5) is 22.2. The van der Waals surface area contributed by atoms with Crippen LogP contribution in [-0.4, -0.2) is 24.7 Å². The largest absolute Gasteiger partial charge is 0.324 e. The Hall–Kier alpha value is -0.740. The molecule has 82 valence electrons. The van der Waals surface area contributed by atoms with E-state index in [0.29, 0.717) is 12.8 Å². The molecule has 4 N–H and O–H groups in total. The van der Waals surface area contributed by atoms with Gasteiger partial charge in [-0.3, -0.25) is 9.59 Å². The Kier molecular flexibility index (Phi) is 7.24. The van der Waals surface area contributed by atoms with Crippen LogP contribution in [0.4, 0.5) is 0 Å². The van der Waals surface area contributed by atoms with Crippen LogP contribution in [-0.2, 0) is 9.59 Å². The maximum atomic E-state index is 11.1. The predicted molar refractivity (Wildman–Crippen MR) is 55.8 cm³/mol. The fourth-order valence-corrected chi connectivity index (χ4v) is 1.50. The molecule has 0 aromatic carbocycles. The summed E-state index contributed by atoms with van der Waals surface area (Å²) in [5.41, 5.74) is 10.4. The fourth-order valence-electron chi connectivity index (χ4n) is 1.50. The molecule has 0 aliphatic rings. The smallest absolute Gasteiger partial charge is 0.146 e. The Morgan fingerprint density at radius 1 is 1.07 bits per heavy atom. The molecule has 0 atom stereocenters. The number of ketones is 2. The second-order valence-electron chi connectivity index (χ2n) is 3.55. The molecule has 0 aromatic heterocycles. The lowest BCUT2D eigenvalue weighted by atomic mass is 9.92. The second kappa shape index (κ2) is 7.64. The summed E-state index contributed by atoms with van der Waals surface area (Å²) in [5, 5.41) is 0. The van der Waals surface area contributed by atoms with Crippen LogP contribution in [0.5, 0.6) is 0 Å². The Bertz CT molecular complexity index is 175. The number of carbonyl (C=O) groups is 2. The van der Waals surface area contributed by atoms with E-state index in [1.54, 1.807) is 0 Å². The lowest BCUT2D eigenvalue weighted by Gasteiger charge is -2.13. The highest BCUT2D eigenvalue weighted by atomic mass is 16.1. The van der Waals surface area contributed by atoms with Crippen LogP contribution in [0.2, 0.25) is 0 Å². The van der Waals surface area contributed by atoms with Gasteiger partial charge in [-0.15, -0.1) is 0 Å². The number of hydrogen-bond acceptors (Lipinski definition) is 4. The normalized spacial score (nSPS) is 10.6. The summed E-state index contributed by atoms with van der Waals surface area (Å²) >= 11 is 0. The first kappa shape index (κ1) is 13.3. The minimum Gasteiger partial charge on any atom is -0.324 e. The summed E-state index contributed by atoms with van der Waals surface area (Å²) in [6.45, 7) is 2.17. The van der Waals surface area contributed by atoms with E-state index in [4.69, 9.17) is 11.5 Å². The Morgan fingerprint density at radius 2 is 1.50 bits per heavy atom. The third-order valence-electron chi connectivity index (χ3n) is 2.18. The zero-order valence-corrected chi connectivity index (χ0v) is 8.79. The van der Waals surface area contributed by atoms with Crippen LogP contribution >= 0.6 is 0 Å². The molecule has 0 spiro atoms. The molecule has 0 aliphatic heterocycles. The molecule has 0 heterocycles. The van der Waals surface area contributed by atoms with E-state index in [-0.39, 0.29) is 30.6 Å². The lowest BCUT2D eigenvalue weighted by Crippen LogP contribution is -2.22. The summed E-state index contributed by atoms with van der Waals surface area (Å²) in [7, 11) is 0. The Labute approximate surface area is 85.0 Å². The van der Waals surface area contributed by atoms with Crippen molar-refractivity contribution in [2.45, 2.75) is 32.6 Å². The van der Waals surface area contributed by atoms with Gasteiger partial charge in [0.2, 0.25) is 0 Å². The van der Waals surface area contributed by atoms with E-state index < -0.39 is 0 Å². The van der Waals surface area contributed by atoms with Crippen LogP contribution in [0.25, 0.3) is 0 Å². The molecule has 0 rings (SSSR count). The van der Waals surface area contributed by atoms with Crippen LogP contribution in [0.1, 0.15) is 32.6 Å². The SMILES string of the molecule is CCCC(CC(=O)CN)CC(=O)CN. The third-order valence-corrected chi connectivity index (χ3v) is 2.18. The van der Waals surface area contributed by atoms with Crippen molar-refractivity contribution < 1.29 is 9.59 Å². The van der Waals surface area contributed by atoms with Crippen molar-refractivity contribution in [3.63, 3.8) is 0 Å². The number of Topliss-reactive ketones (excluding diaryl/α,β-unsaturated/α-hetero) is 2. The van der Waals surface area contributed by atoms with Crippen molar-refractivity contribution in [2.75, 3.05) is 13.1 Å². The van der Waals surface area contributed by atoms with Gasteiger partial charge < -0.3 is 11.5 Å². The number of carbonyl (C=O) groups excluding carboxylic acids is 2. The van der Waals surface area contributed by atoms with Crippen molar-refractivity contribution in [3.05, 3.63) is 0 Å². The number of nitrogens with two attached hydrogens (primary N) is 2. The molecular formula is C10H20N2O2. The van der Waals surface area contributed by atoms with E-state index in [2.05, 4.69) is 0 Å². The van der Waals surface area contributed by atoms with Gasteiger partial charge in [-0.25, -0.2) is 0 Å². The lowest BCUT2D eigenvalue weighted by molar-refractivity contribution is -0.120. The molecule has 4 nitrogen and oxygen atoms in total. The predicted octanol–water partition coefficient (Wildman–Crippen LogP) is 0.239. The summed E-state index contributed by atoms with van der Waals surface area (Å²) in [6.07, 6.45) is 2.68. The summed E-state index contributed by atoms with van der Waals surface area (Å²) < 4.78 is 0. The van der Waals surface area contributed by atoms with Crippen molar-refractivity contribution in [1.29, 1.82) is 0 Å². The second-order valence-corrected chi connectivity index (χ2v) is 3.55. The van der Waals surface area contributed by atoms with E-state index >= 15 is 0 Å².